The van der Waals surface area contributed by atoms with Gasteiger partial charge in [-0.25, -0.2) is 0 Å². The Hall–Kier alpha value is -8.38. The Bertz CT molecular complexity index is 3300. The van der Waals surface area contributed by atoms with E-state index in [9.17, 15) is 29.0 Å². The van der Waals surface area contributed by atoms with E-state index in [0.29, 0.717) is 39.2 Å². The molecule has 5 nitrogen and oxygen atoms in total. The molecule has 2 aromatic heterocycles. The number of halogens is 3. The number of alkyl halides is 3. The molecule has 10 rings (SSSR count). The van der Waals surface area contributed by atoms with E-state index >= 15 is 0 Å². The Morgan fingerprint density at radius 2 is 0.800 bits per heavy atom. The molecule has 8 heteroatoms. The normalized spacial score (nSPS) is 11.5. The van der Waals surface area contributed by atoms with Crippen LogP contribution in [0.15, 0.2) is 170 Å². The molecular formula is C52H28F3N5. The number of hydrogen-bond donors (Lipinski definition) is 0. The second kappa shape index (κ2) is 13.9. The van der Waals surface area contributed by atoms with E-state index in [1.165, 1.54) is 6.07 Å². The molecule has 0 fully saturated rings. The topological polar surface area (TPSA) is 81.2 Å². The van der Waals surface area contributed by atoms with Gasteiger partial charge in [-0.3, -0.25) is 0 Å². The smallest absolute Gasteiger partial charge is 0.308 e. The van der Waals surface area contributed by atoms with Crippen molar-refractivity contribution in [3.8, 4) is 63.0 Å². The van der Waals surface area contributed by atoms with E-state index in [2.05, 4.69) is 30.3 Å². The number of nitriles is 3. The number of nitrogens with zero attached hydrogens (tertiary/aromatic N) is 5. The van der Waals surface area contributed by atoms with E-state index in [1.807, 2.05) is 118 Å². The van der Waals surface area contributed by atoms with Crippen LogP contribution in [-0.2, 0) is 6.18 Å². The van der Waals surface area contributed by atoms with Gasteiger partial charge in [0, 0.05) is 21.5 Å². The summed E-state index contributed by atoms with van der Waals surface area (Å²) in [6.45, 7) is 0. The first-order valence-corrected chi connectivity index (χ1v) is 19.1. The van der Waals surface area contributed by atoms with Crippen molar-refractivity contribution < 1.29 is 13.2 Å². The van der Waals surface area contributed by atoms with E-state index < -0.39 is 11.7 Å². The van der Waals surface area contributed by atoms with Gasteiger partial charge in [-0.2, -0.15) is 29.0 Å². The zero-order chi connectivity index (χ0) is 41.1. The van der Waals surface area contributed by atoms with Crippen molar-refractivity contribution in [3.63, 3.8) is 0 Å². The van der Waals surface area contributed by atoms with Crippen molar-refractivity contribution in [2.24, 2.45) is 0 Å². The molecule has 0 unspecified atom stereocenters. The summed E-state index contributed by atoms with van der Waals surface area (Å²) in [4.78, 5) is 0. The first-order valence-electron chi connectivity index (χ1n) is 19.1. The molecule has 0 aliphatic carbocycles. The summed E-state index contributed by atoms with van der Waals surface area (Å²) in [6.07, 6.45) is -4.57. The minimum Gasteiger partial charge on any atom is -0.308 e. The highest BCUT2D eigenvalue weighted by atomic mass is 19.4. The summed E-state index contributed by atoms with van der Waals surface area (Å²) in [5.74, 6) is 0. The van der Waals surface area contributed by atoms with Gasteiger partial charge in [-0.05, 0) is 106 Å². The molecule has 0 bridgehead atoms. The number of rotatable bonds is 5. The second-order valence-electron chi connectivity index (χ2n) is 14.6. The molecule has 8 aromatic carbocycles. The molecule has 0 spiro atoms. The van der Waals surface area contributed by atoms with Gasteiger partial charge in [0.25, 0.3) is 0 Å². The summed E-state index contributed by atoms with van der Waals surface area (Å²) in [5.41, 5.74) is 9.27. The maximum atomic E-state index is 14.3. The molecule has 282 valence electrons. The lowest BCUT2D eigenvalue weighted by molar-refractivity contribution is -0.137. The molecule has 60 heavy (non-hydrogen) atoms. The van der Waals surface area contributed by atoms with Gasteiger partial charge in [0.2, 0.25) is 0 Å². The molecule has 0 aliphatic rings. The van der Waals surface area contributed by atoms with Crippen LogP contribution in [0.3, 0.4) is 0 Å². The van der Waals surface area contributed by atoms with Crippen molar-refractivity contribution in [2.45, 2.75) is 6.18 Å². The van der Waals surface area contributed by atoms with Crippen LogP contribution >= 0.6 is 0 Å². The Kier molecular flexibility index (Phi) is 8.35. The quantitative estimate of drug-likeness (QED) is 0.174. The molecule has 0 saturated carbocycles. The van der Waals surface area contributed by atoms with Crippen molar-refractivity contribution in [1.29, 1.82) is 15.8 Å². The van der Waals surface area contributed by atoms with Crippen molar-refractivity contribution >= 4 is 43.6 Å². The number of para-hydroxylation sites is 2. The Balaban J connectivity index is 1.32. The highest BCUT2D eigenvalue weighted by molar-refractivity contribution is 6.12. The summed E-state index contributed by atoms with van der Waals surface area (Å²) >= 11 is 0. The standard InChI is InChI=1S/C52H28F3N5/c53-52(54,55)40-7-5-6-36(24-40)39-27-50(59-46-10-3-1-8-41(46)43-22-20-37(25-48(43)59)34-16-12-32(29-56)13-17-34)45(31-58)51(28-39)60-47-11-4-2-9-42(47)44-23-21-38(26-49(44)60)35-18-14-33(30-57)15-19-35/h1-28H. The second-order valence-corrected chi connectivity index (χ2v) is 14.6. The minimum absolute atomic E-state index is 0.323. The summed E-state index contributed by atoms with van der Waals surface area (Å²) < 4.78 is 46.9. The third kappa shape index (κ3) is 5.85. The molecule has 0 radical (unpaired) electrons. The van der Waals surface area contributed by atoms with Crippen molar-refractivity contribution in [1.82, 2.24) is 9.13 Å². The summed E-state index contributed by atoms with van der Waals surface area (Å²) in [7, 11) is 0. The fraction of sp³-hybridized carbons (Fsp3) is 0.0192. The first-order chi connectivity index (χ1) is 29.2. The maximum absolute atomic E-state index is 14.3. The predicted octanol–water partition coefficient (Wildman–Crippen LogP) is 13.5. The Morgan fingerprint density at radius 3 is 1.25 bits per heavy atom. The fourth-order valence-corrected chi connectivity index (χ4v) is 8.41. The molecule has 0 amide bonds. The van der Waals surface area contributed by atoms with Gasteiger partial charge in [0.15, 0.2) is 0 Å². The van der Waals surface area contributed by atoms with E-state index in [1.54, 1.807) is 30.3 Å². The SMILES string of the molecule is N#Cc1ccc(-c2ccc3c4ccccc4n(-c4cc(-c5cccc(C(F)(F)F)c5)cc(-n5c6ccccc6c6ccc(-c7ccc(C#N)cc7)cc65)c4C#N)c3c2)cc1. The Morgan fingerprint density at radius 1 is 0.367 bits per heavy atom. The molecule has 2 heterocycles. The van der Waals surface area contributed by atoms with Crippen LogP contribution in [0.5, 0.6) is 0 Å². The average molecular weight is 780 g/mol. The van der Waals surface area contributed by atoms with Gasteiger partial charge in [-0.1, -0.05) is 97.1 Å². The zero-order valence-corrected chi connectivity index (χ0v) is 31.5. The van der Waals surface area contributed by atoms with Crippen LogP contribution in [0.4, 0.5) is 13.2 Å². The van der Waals surface area contributed by atoms with Crippen LogP contribution in [0, 0.1) is 34.0 Å². The molecule has 0 aliphatic heterocycles. The minimum atomic E-state index is -4.57. The van der Waals surface area contributed by atoms with E-state index in [-0.39, 0.29) is 0 Å². The van der Waals surface area contributed by atoms with Crippen molar-refractivity contribution in [3.05, 3.63) is 192 Å². The third-order valence-electron chi connectivity index (χ3n) is 11.3. The monoisotopic (exact) mass is 779 g/mol. The van der Waals surface area contributed by atoms with Gasteiger partial charge in [0.1, 0.15) is 11.6 Å². The molecule has 0 atom stereocenters. The van der Waals surface area contributed by atoms with Gasteiger partial charge < -0.3 is 9.13 Å². The lowest BCUT2D eigenvalue weighted by Gasteiger charge is -2.19. The van der Waals surface area contributed by atoms with E-state index in [0.717, 1.165) is 78.0 Å². The van der Waals surface area contributed by atoms with Gasteiger partial charge in [-0.15, -0.1) is 0 Å². The van der Waals surface area contributed by atoms with Crippen LogP contribution in [0.2, 0.25) is 0 Å². The lowest BCUT2D eigenvalue weighted by Crippen LogP contribution is -2.06. The first kappa shape index (κ1) is 36.0. The lowest BCUT2D eigenvalue weighted by atomic mass is 9.98. The highest BCUT2D eigenvalue weighted by Crippen LogP contribution is 2.42. The molecule has 0 saturated heterocycles. The highest BCUT2D eigenvalue weighted by Gasteiger charge is 2.31. The third-order valence-corrected chi connectivity index (χ3v) is 11.3. The average Bonchev–Trinajstić information content (AvgIpc) is 3.80. The maximum Gasteiger partial charge on any atom is 0.416 e. The van der Waals surface area contributed by atoms with Crippen LogP contribution in [-0.4, -0.2) is 9.13 Å². The van der Waals surface area contributed by atoms with Crippen LogP contribution in [0.25, 0.3) is 88.4 Å². The van der Waals surface area contributed by atoms with Crippen LogP contribution in [0.1, 0.15) is 22.3 Å². The predicted molar refractivity (Wildman–Crippen MR) is 231 cm³/mol. The molecular weight excluding hydrogens is 752 g/mol. The van der Waals surface area contributed by atoms with Crippen molar-refractivity contribution in [2.75, 3.05) is 0 Å². The van der Waals surface area contributed by atoms with Gasteiger partial charge >= 0.3 is 6.18 Å². The summed E-state index contributed by atoms with van der Waals surface area (Å²) in [5, 5.41) is 34.0. The Labute approximate surface area is 341 Å². The number of aromatic nitrogens is 2. The zero-order valence-electron chi connectivity index (χ0n) is 31.5. The van der Waals surface area contributed by atoms with Crippen LogP contribution < -0.4 is 0 Å². The summed E-state index contributed by atoms with van der Waals surface area (Å²) in [6, 6.07) is 58.5. The van der Waals surface area contributed by atoms with E-state index in [4.69, 9.17) is 0 Å². The molecule has 10 aromatic rings. The number of fused-ring (bicyclic) bond motifs is 6. The van der Waals surface area contributed by atoms with Gasteiger partial charge in [0.05, 0.1) is 62.3 Å². The molecule has 0 N–H and O–H groups in total. The fourth-order valence-electron chi connectivity index (χ4n) is 8.41. The largest absolute Gasteiger partial charge is 0.416 e. The number of benzene rings is 8. The number of hydrogen-bond acceptors (Lipinski definition) is 3.